The highest BCUT2D eigenvalue weighted by atomic mass is 16.6. The smallest absolute Gasteiger partial charge is 0.366 e. The highest BCUT2D eigenvalue weighted by Gasteiger charge is 2.21. The van der Waals surface area contributed by atoms with Crippen molar-refractivity contribution in [2.24, 2.45) is 0 Å². The quantitative estimate of drug-likeness (QED) is 0.540. The van der Waals surface area contributed by atoms with Gasteiger partial charge in [0, 0.05) is 5.56 Å². The van der Waals surface area contributed by atoms with E-state index in [-0.39, 0.29) is 5.69 Å². The van der Waals surface area contributed by atoms with Crippen LogP contribution in [0.15, 0.2) is 59.0 Å². The molecule has 5 nitrogen and oxygen atoms in total. The summed E-state index contributed by atoms with van der Waals surface area (Å²) in [6, 6.07) is 16.3. The van der Waals surface area contributed by atoms with Crippen molar-refractivity contribution in [3.05, 3.63) is 66.1 Å². The third-order valence-electron chi connectivity index (χ3n) is 3.28. The van der Waals surface area contributed by atoms with Crippen LogP contribution in [0.5, 0.6) is 11.5 Å². The fourth-order valence-electron chi connectivity index (χ4n) is 2.14. The van der Waals surface area contributed by atoms with Crippen LogP contribution in [-0.4, -0.2) is 18.1 Å². The van der Waals surface area contributed by atoms with Crippen LogP contribution in [0.3, 0.4) is 0 Å². The lowest BCUT2D eigenvalue weighted by Crippen LogP contribution is -2.11. The summed E-state index contributed by atoms with van der Waals surface area (Å²) in [5, 5.41) is 0. The van der Waals surface area contributed by atoms with Crippen LogP contribution in [0.25, 0.3) is 11.5 Å². The molecule has 0 aliphatic carbocycles. The maximum Gasteiger partial charge on any atom is 0.366 e. The number of benzene rings is 2. The molecule has 0 amide bonds. The van der Waals surface area contributed by atoms with Gasteiger partial charge in [0.1, 0.15) is 5.76 Å². The van der Waals surface area contributed by atoms with Crippen molar-refractivity contribution in [1.82, 2.24) is 4.98 Å². The van der Waals surface area contributed by atoms with Gasteiger partial charge in [0.2, 0.25) is 5.89 Å². The van der Waals surface area contributed by atoms with E-state index >= 15 is 0 Å². The lowest BCUT2D eigenvalue weighted by Gasteiger charge is -2.07. The molecule has 0 spiro atoms. The summed E-state index contributed by atoms with van der Waals surface area (Å²) >= 11 is 0. The number of hydrogen-bond donors (Lipinski definition) is 0. The number of aryl methyl sites for hydroxylation is 1. The zero-order valence-electron chi connectivity index (χ0n) is 12.8. The zero-order valence-corrected chi connectivity index (χ0v) is 12.8. The largest absolute Gasteiger partial charge is 0.493 e. The number of methoxy groups -OCH3 is 1. The van der Waals surface area contributed by atoms with E-state index in [2.05, 4.69) is 4.98 Å². The van der Waals surface area contributed by atoms with Gasteiger partial charge in [0.05, 0.1) is 7.11 Å². The van der Waals surface area contributed by atoms with Crippen molar-refractivity contribution < 1.29 is 18.7 Å². The molecule has 0 radical (unpaired) electrons. The number of oxazole rings is 1. The van der Waals surface area contributed by atoms with Gasteiger partial charge in [-0.15, -0.1) is 0 Å². The van der Waals surface area contributed by atoms with Gasteiger partial charge in [-0.3, -0.25) is 0 Å². The summed E-state index contributed by atoms with van der Waals surface area (Å²) in [5.41, 5.74) is 0.946. The Bertz CT molecular complexity index is 824. The molecule has 0 bridgehead atoms. The molecule has 1 heterocycles. The molecule has 2 aromatic carbocycles. The van der Waals surface area contributed by atoms with E-state index in [1.165, 1.54) is 7.11 Å². The van der Waals surface area contributed by atoms with Gasteiger partial charge in [0.25, 0.3) is 0 Å². The molecular formula is C18H15NO4. The summed E-state index contributed by atoms with van der Waals surface area (Å²) < 4.78 is 16.1. The summed E-state index contributed by atoms with van der Waals surface area (Å²) in [6.45, 7) is 1.68. The normalized spacial score (nSPS) is 10.3. The first-order valence-electron chi connectivity index (χ1n) is 7.07. The summed E-state index contributed by atoms with van der Waals surface area (Å²) in [4.78, 5) is 16.6. The van der Waals surface area contributed by atoms with E-state index in [0.29, 0.717) is 23.1 Å². The third kappa shape index (κ3) is 3.08. The average Bonchev–Trinajstić information content (AvgIpc) is 2.98. The van der Waals surface area contributed by atoms with Gasteiger partial charge in [-0.25, -0.2) is 9.78 Å². The van der Waals surface area contributed by atoms with Crippen molar-refractivity contribution in [1.29, 1.82) is 0 Å². The third-order valence-corrected chi connectivity index (χ3v) is 3.28. The van der Waals surface area contributed by atoms with E-state index in [0.717, 1.165) is 5.56 Å². The van der Waals surface area contributed by atoms with Crippen molar-refractivity contribution in [3.63, 3.8) is 0 Å². The van der Waals surface area contributed by atoms with Gasteiger partial charge < -0.3 is 13.9 Å². The Morgan fingerprint density at radius 3 is 2.35 bits per heavy atom. The minimum atomic E-state index is -0.585. The molecule has 0 atom stereocenters. The van der Waals surface area contributed by atoms with E-state index in [1.807, 2.05) is 30.3 Å². The fourth-order valence-corrected chi connectivity index (χ4v) is 2.14. The Hall–Kier alpha value is -3.08. The number of ether oxygens (including phenoxy) is 2. The molecule has 0 N–H and O–H groups in total. The monoisotopic (exact) mass is 309 g/mol. The van der Waals surface area contributed by atoms with Crippen molar-refractivity contribution in [2.75, 3.05) is 7.11 Å². The lowest BCUT2D eigenvalue weighted by molar-refractivity contribution is 0.0722. The van der Waals surface area contributed by atoms with Crippen LogP contribution in [0.1, 0.15) is 16.2 Å². The first-order valence-corrected chi connectivity index (χ1v) is 7.07. The van der Waals surface area contributed by atoms with E-state index < -0.39 is 5.97 Å². The van der Waals surface area contributed by atoms with Crippen molar-refractivity contribution in [3.8, 4) is 23.0 Å². The molecule has 3 rings (SSSR count). The molecular weight excluding hydrogens is 294 g/mol. The minimum Gasteiger partial charge on any atom is -0.493 e. The molecule has 0 saturated heterocycles. The van der Waals surface area contributed by atoms with Crippen LogP contribution in [-0.2, 0) is 0 Å². The topological polar surface area (TPSA) is 61.6 Å². The van der Waals surface area contributed by atoms with Gasteiger partial charge >= 0.3 is 5.97 Å². The van der Waals surface area contributed by atoms with Gasteiger partial charge in [0.15, 0.2) is 17.2 Å². The number of nitrogens with zero attached hydrogens (tertiary/aromatic N) is 1. The Morgan fingerprint density at radius 2 is 1.65 bits per heavy atom. The molecule has 3 aromatic rings. The van der Waals surface area contributed by atoms with Crippen LogP contribution in [0, 0.1) is 6.92 Å². The number of carbonyl (C=O) groups excluding carboxylic acids is 1. The molecule has 0 fully saturated rings. The second kappa shape index (κ2) is 6.36. The fraction of sp³-hybridized carbons (Fsp3) is 0.111. The molecule has 116 valence electrons. The second-order valence-corrected chi connectivity index (χ2v) is 4.83. The summed E-state index contributed by atoms with van der Waals surface area (Å²) in [7, 11) is 1.52. The highest BCUT2D eigenvalue weighted by molar-refractivity contribution is 5.90. The SMILES string of the molecule is COc1ccccc1OC(=O)c1nc(-c2ccccc2)oc1C. The van der Waals surface area contributed by atoms with Crippen molar-refractivity contribution >= 4 is 5.97 Å². The minimum absolute atomic E-state index is 0.148. The number of para-hydroxylation sites is 2. The number of aromatic nitrogens is 1. The maximum absolute atomic E-state index is 12.3. The van der Waals surface area contributed by atoms with E-state index in [4.69, 9.17) is 13.9 Å². The first kappa shape index (κ1) is 14.8. The predicted octanol–water partition coefficient (Wildman–Crippen LogP) is 3.88. The van der Waals surface area contributed by atoms with Gasteiger partial charge in [-0.05, 0) is 31.2 Å². The van der Waals surface area contributed by atoms with Crippen LogP contribution < -0.4 is 9.47 Å². The number of carbonyl (C=O) groups is 1. The first-order chi connectivity index (χ1) is 11.2. The molecule has 0 unspecified atom stereocenters. The standard InChI is InChI=1S/C18H15NO4/c1-12-16(19-17(22-12)13-8-4-3-5-9-13)18(20)23-15-11-7-6-10-14(15)21-2/h3-11H,1-2H3. The zero-order chi connectivity index (χ0) is 16.2. The Balaban J connectivity index is 1.87. The summed E-state index contributed by atoms with van der Waals surface area (Å²) in [5.74, 6) is 1.02. The van der Waals surface area contributed by atoms with Crippen molar-refractivity contribution in [2.45, 2.75) is 6.92 Å². The van der Waals surface area contributed by atoms with Crippen LogP contribution >= 0.6 is 0 Å². The number of esters is 1. The Labute approximate surface area is 133 Å². The number of rotatable bonds is 4. The van der Waals surface area contributed by atoms with Crippen LogP contribution in [0.2, 0.25) is 0 Å². The number of hydrogen-bond acceptors (Lipinski definition) is 5. The van der Waals surface area contributed by atoms with Crippen LogP contribution in [0.4, 0.5) is 0 Å². The Kier molecular flexibility index (Phi) is 4.10. The Morgan fingerprint density at radius 1 is 1.00 bits per heavy atom. The van der Waals surface area contributed by atoms with Gasteiger partial charge in [-0.1, -0.05) is 30.3 Å². The molecule has 0 aliphatic heterocycles. The lowest BCUT2D eigenvalue weighted by atomic mass is 10.2. The average molecular weight is 309 g/mol. The molecule has 5 heteroatoms. The molecule has 23 heavy (non-hydrogen) atoms. The molecule has 0 aliphatic rings. The predicted molar refractivity (Wildman–Crippen MR) is 84.6 cm³/mol. The van der Waals surface area contributed by atoms with Gasteiger partial charge in [-0.2, -0.15) is 0 Å². The summed E-state index contributed by atoms with van der Waals surface area (Å²) in [6.07, 6.45) is 0. The maximum atomic E-state index is 12.3. The van der Waals surface area contributed by atoms with E-state index in [9.17, 15) is 4.79 Å². The van der Waals surface area contributed by atoms with E-state index in [1.54, 1.807) is 31.2 Å². The molecule has 0 saturated carbocycles. The highest BCUT2D eigenvalue weighted by Crippen LogP contribution is 2.28. The second-order valence-electron chi connectivity index (χ2n) is 4.83. The molecule has 1 aromatic heterocycles.